The highest BCUT2D eigenvalue weighted by Gasteiger charge is 2.69. The maximum atomic E-state index is 12.3. The van der Waals surface area contributed by atoms with Crippen molar-refractivity contribution in [3.05, 3.63) is 29.8 Å². The smallest absolute Gasteiger partial charge is 0.231 e. The van der Waals surface area contributed by atoms with E-state index in [9.17, 15) is 4.79 Å². The lowest BCUT2D eigenvalue weighted by Crippen LogP contribution is -2.69. The Kier molecular flexibility index (Phi) is 1.97. The van der Waals surface area contributed by atoms with Crippen molar-refractivity contribution in [3.8, 4) is 0 Å². The molecule has 0 unspecified atom stereocenters. The molecule has 2 aliphatic heterocycles. The second-order valence-electron chi connectivity index (χ2n) is 5.62. The molecule has 4 atom stereocenters. The van der Waals surface area contributed by atoms with Crippen LogP contribution >= 0.6 is 0 Å². The van der Waals surface area contributed by atoms with Crippen LogP contribution in [0.2, 0.25) is 0 Å². The fourth-order valence-electron chi connectivity index (χ4n) is 4.49. The quantitative estimate of drug-likeness (QED) is 0.823. The number of carbonyl (C=O) groups is 1. The topological polar surface area (TPSA) is 38.3 Å². The maximum absolute atomic E-state index is 12.3. The van der Waals surface area contributed by atoms with Gasteiger partial charge in [-0.2, -0.15) is 0 Å². The molecule has 18 heavy (non-hydrogen) atoms. The van der Waals surface area contributed by atoms with Gasteiger partial charge in [0.25, 0.3) is 0 Å². The average molecular weight is 243 g/mol. The summed E-state index contributed by atoms with van der Waals surface area (Å²) < 4.78 is 6.17. The number of anilines is 1. The molecule has 4 rings (SSSR count). The number of nitrogens with one attached hydrogen (secondary N) is 1. The summed E-state index contributed by atoms with van der Waals surface area (Å²) in [4.78, 5) is 12.3. The number of ether oxygens (including phenoxy) is 1. The molecule has 1 saturated carbocycles. The molecular weight excluding hydrogens is 226 g/mol. The number of amides is 1. The van der Waals surface area contributed by atoms with E-state index in [1.165, 1.54) is 5.56 Å². The summed E-state index contributed by atoms with van der Waals surface area (Å²) in [7, 11) is 0. The fourth-order valence-corrected chi connectivity index (χ4v) is 4.49. The van der Waals surface area contributed by atoms with Crippen LogP contribution in [-0.4, -0.2) is 12.5 Å². The summed E-state index contributed by atoms with van der Waals surface area (Å²) in [5.74, 6) is 1.20. The van der Waals surface area contributed by atoms with Crippen molar-refractivity contribution >= 4 is 11.6 Å². The largest absolute Gasteiger partial charge is 0.369 e. The molecule has 2 bridgehead atoms. The molecule has 1 aromatic rings. The highest BCUT2D eigenvalue weighted by Crippen LogP contribution is 2.66. The van der Waals surface area contributed by atoms with Gasteiger partial charge in [0.1, 0.15) is 5.60 Å². The van der Waals surface area contributed by atoms with Gasteiger partial charge >= 0.3 is 0 Å². The van der Waals surface area contributed by atoms with Crippen LogP contribution in [0.25, 0.3) is 0 Å². The predicted molar refractivity (Wildman–Crippen MR) is 68.1 cm³/mol. The van der Waals surface area contributed by atoms with Crippen molar-refractivity contribution in [2.75, 3.05) is 11.9 Å². The number of carbonyl (C=O) groups excluding carboxylic acids is 1. The van der Waals surface area contributed by atoms with Crippen LogP contribution in [0, 0.1) is 17.8 Å². The summed E-state index contributed by atoms with van der Waals surface area (Å²) in [6, 6.07) is 8.11. The number of hydrogen-bond donors (Lipinski definition) is 1. The second kappa shape index (κ2) is 3.35. The Balaban J connectivity index is 1.93. The Hall–Kier alpha value is -1.35. The summed E-state index contributed by atoms with van der Waals surface area (Å²) in [5, 5.41) is 3.04. The van der Waals surface area contributed by atoms with E-state index in [0.29, 0.717) is 11.8 Å². The number of benzene rings is 1. The Morgan fingerprint density at radius 1 is 1.44 bits per heavy atom. The van der Waals surface area contributed by atoms with E-state index in [4.69, 9.17) is 4.74 Å². The van der Waals surface area contributed by atoms with Gasteiger partial charge in [-0.05, 0) is 30.7 Å². The first-order valence-electron chi connectivity index (χ1n) is 6.83. The van der Waals surface area contributed by atoms with E-state index < -0.39 is 0 Å². The Morgan fingerprint density at radius 2 is 2.28 bits per heavy atom. The first kappa shape index (κ1) is 10.6. The van der Waals surface area contributed by atoms with Crippen molar-refractivity contribution in [2.45, 2.75) is 25.4 Å². The lowest BCUT2D eigenvalue weighted by atomic mass is 9.46. The highest BCUT2D eigenvalue weighted by atomic mass is 16.5. The minimum absolute atomic E-state index is 0.0334. The molecule has 3 nitrogen and oxygen atoms in total. The molecule has 1 aliphatic carbocycles. The number of rotatable bonds is 1. The van der Waals surface area contributed by atoms with E-state index >= 15 is 0 Å². The zero-order valence-corrected chi connectivity index (χ0v) is 10.5. The van der Waals surface area contributed by atoms with Gasteiger partial charge in [0.15, 0.2) is 0 Å². The van der Waals surface area contributed by atoms with Gasteiger partial charge in [0.2, 0.25) is 5.91 Å². The standard InChI is InChI=1S/C15H17NO2/c1-2-10-9-7-8-18-15(10)11-5-3-4-6-12(11)16-14(17)13(9)15/h3-6,9-10,13H,2,7-8H2,1H3,(H,16,17)/t9-,10+,13-,15-/m1/s1. The summed E-state index contributed by atoms with van der Waals surface area (Å²) >= 11 is 0. The normalized spacial score (nSPS) is 40.3. The van der Waals surface area contributed by atoms with Gasteiger partial charge in [-0.15, -0.1) is 0 Å². The number of para-hydroxylation sites is 1. The van der Waals surface area contributed by atoms with Gasteiger partial charge in [-0.1, -0.05) is 25.1 Å². The van der Waals surface area contributed by atoms with Gasteiger partial charge in [-0.25, -0.2) is 0 Å². The predicted octanol–water partition coefficient (Wildman–Crippen LogP) is 2.53. The highest BCUT2D eigenvalue weighted by molar-refractivity contribution is 5.98. The molecule has 1 N–H and O–H groups in total. The van der Waals surface area contributed by atoms with E-state index in [1.807, 2.05) is 18.2 Å². The van der Waals surface area contributed by atoms with Crippen molar-refractivity contribution in [1.82, 2.24) is 0 Å². The molecule has 2 fully saturated rings. The molecule has 1 spiro atoms. The van der Waals surface area contributed by atoms with Crippen LogP contribution in [0.15, 0.2) is 24.3 Å². The van der Waals surface area contributed by atoms with Crippen molar-refractivity contribution < 1.29 is 9.53 Å². The molecule has 2 heterocycles. The van der Waals surface area contributed by atoms with Crippen LogP contribution < -0.4 is 5.32 Å². The van der Waals surface area contributed by atoms with E-state index in [1.54, 1.807) is 0 Å². The lowest BCUT2D eigenvalue weighted by molar-refractivity contribution is -0.275. The van der Waals surface area contributed by atoms with E-state index in [0.717, 1.165) is 25.1 Å². The van der Waals surface area contributed by atoms with E-state index in [-0.39, 0.29) is 17.4 Å². The summed E-state index contributed by atoms with van der Waals surface area (Å²) in [6.45, 7) is 3.00. The molecule has 3 heteroatoms. The average Bonchev–Trinajstić information content (AvgIpc) is 2.39. The first-order valence-corrected chi connectivity index (χ1v) is 6.83. The van der Waals surface area contributed by atoms with Gasteiger partial charge in [-0.3, -0.25) is 4.79 Å². The second-order valence-corrected chi connectivity index (χ2v) is 5.62. The number of fused-ring (bicyclic) bond motifs is 3. The Labute approximate surface area is 107 Å². The number of hydrogen-bond acceptors (Lipinski definition) is 2. The molecule has 1 saturated heterocycles. The summed E-state index contributed by atoms with van der Waals surface area (Å²) in [6.07, 6.45) is 2.11. The third kappa shape index (κ3) is 0.985. The van der Waals surface area contributed by atoms with Crippen LogP contribution in [0.5, 0.6) is 0 Å². The molecule has 1 amide bonds. The first-order chi connectivity index (χ1) is 8.79. The van der Waals surface area contributed by atoms with Crippen molar-refractivity contribution in [1.29, 1.82) is 0 Å². The summed E-state index contributed by atoms with van der Waals surface area (Å²) in [5.41, 5.74) is 1.81. The Morgan fingerprint density at radius 3 is 3.11 bits per heavy atom. The molecule has 1 aromatic carbocycles. The Bertz CT molecular complexity index is 527. The molecular formula is C15H17NO2. The fraction of sp³-hybridized carbons (Fsp3) is 0.533. The SMILES string of the molecule is CC[C@H]1[C@H]2CCO[C@@]13c1ccccc1NC(=O)[C@@H]23. The molecule has 0 radical (unpaired) electrons. The monoisotopic (exact) mass is 243 g/mol. The third-order valence-electron chi connectivity index (χ3n) is 5.08. The lowest BCUT2D eigenvalue weighted by Gasteiger charge is -2.65. The van der Waals surface area contributed by atoms with Crippen LogP contribution in [0.4, 0.5) is 5.69 Å². The van der Waals surface area contributed by atoms with Crippen molar-refractivity contribution in [2.24, 2.45) is 17.8 Å². The zero-order valence-electron chi connectivity index (χ0n) is 10.5. The van der Waals surface area contributed by atoms with Crippen LogP contribution in [0.3, 0.4) is 0 Å². The molecule has 0 aromatic heterocycles. The van der Waals surface area contributed by atoms with Gasteiger partial charge in [0.05, 0.1) is 5.92 Å². The molecule has 94 valence electrons. The third-order valence-corrected chi connectivity index (χ3v) is 5.08. The molecule has 3 aliphatic rings. The van der Waals surface area contributed by atoms with Crippen LogP contribution in [-0.2, 0) is 15.1 Å². The van der Waals surface area contributed by atoms with Gasteiger partial charge < -0.3 is 10.1 Å². The maximum Gasteiger partial charge on any atom is 0.231 e. The van der Waals surface area contributed by atoms with Crippen LogP contribution in [0.1, 0.15) is 25.3 Å². The minimum atomic E-state index is -0.323. The zero-order chi connectivity index (χ0) is 12.3. The van der Waals surface area contributed by atoms with Crippen molar-refractivity contribution in [3.63, 3.8) is 0 Å². The van der Waals surface area contributed by atoms with Gasteiger partial charge in [0, 0.05) is 17.9 Å². The van der Waals surface area contributed by atoms with E-state index in [2.05, 4.69) is 18.3 Å². The minimum Gasteiger partial charge on any atom is -0.369 e.